The Morgan fingerprint density at radius 2 is 1.74 bits per heavy atom. The summed E-state index contributed by atoms with van der Waals surface area (Å²) in [5.74, 6) is 0.190. The summed E-state index contributed by atoms with van der Waals surface area (Å²) in [6.45, 7) is 1.61. The summed E-state index contributed by atoms with van der Waals surface area (Å²) in [6.07, 6.45) is 2.07. The standard InChI is InChI=1S/C19H19NO2S/c1-14(21)8-7-12-17-16-11-5-6-13-18(16)20-19(17)23(22)15-9-3-2-4-10-15/h2-6,9-11,13,20H,7-8,12H2,1H3. The van der Waals surface area contributed by atoms with Gasteiger partial charge in [-0.15, -0.1) is 0 Å². The lowest BCUT2D eigenvalue weighted by molar-refractivity contribution is -0.117. The van der Waals surface area contributed by atoms with Gasteiger partial charge in [-0.05, 0) is 43.5 Å². The van der Waals surface area contributed by atoms with Gasteiger partial charge in [0.15, 0.2) is 0 Å². The lowest BCUT2D eigenvalue weighted by atomic mass is 10.1. The summed E-state index contributed by atoms with van der Waals surface area (Å²) < 4.78 is 12.9. The van der Waals surface area contributed by atoms with E-state index in [1.807, 2.05) is 54.6 Å². The Morgan fingerprint density at radius 3 is 2.48 bits per heavy atom. The van der Waals surface area contributed by atoms with Crippen LogP contribution in [-0.4, -0.2) is 15.0 Å². The highest BCUT2D eigenvalue weighted by Crippen LogP contribution is 2.29. The van der Waals surface area contributed by atoms with E-state index in [1.165, 1.54) is 0 Å². The Balaban J connectivity index is 2.01. The number of rotatable bonds is 6. The number of hydrogen-bond donors (Lipinski definition) is 1. The fourth-order valence-electron chi connectivity index (χ4n) is 2.76. The second-order valence-electron chi connectivity index (χ2n) is 5.62. The molecule has 0 saturated heterocycles. The molecule has 0 aliphatic carbocycles. The molecule has 1 atom stereocenters. The fourth-order valence-corrected chi connectivity index (χ4v) is 4.04. The first-order chi connectivity index (χ1) is 11.2. The Bertz CT molecular complexity index is 852. The van der Waals surface area contributed by atoms with E-state index in [0.717, 1.165) is 39.2 Å². The van der Waals surface area contributed by atoms with Crippen LogP contribution >= 0.6 is 0 Å². The van der Waals surface area contributed by atoms with E-state index in [9.17, 15) is 9.00 Å². The van der Waals surface area contributed by atoms with Crippen molar-refractivity contribution in [3.8, 4) is 0 Å². The molecule has 0 bridgehead atoms. The van der Waals surface area contributed by atoms with Crippen LogP contribution in [0, 0.1) is 0 Å². The summed E-state index contributed by atoms with van der Waals surface area (Å²) in [5, 5.41) is 1.84. The fraction of sp³-hybridized carbons (Fsp3) is 0.211. The molecule has 1 heterocycles. The summed E-state index contributed by atoms with van der Waals surface area (Å²) in [4.78, 5) is 15.3. The predicted molar refractivity (Wildman–Crippen MR) is 93.0 cm³/mol. The van der Waals surface area contributed by atoms with Crippen molar-refractivity contribution in [2.75, 3.05) is 0 Å². The van der Waals surface area contributed by atoms with E-state index in [1.54, 1.807) is 6.92 Å². The Labute approximate surface area is 138 Å². The highest BCUT2D eigenvalue weighted by Gasteiger charge is 2.17. The van der Waals surface area contributed by atoms with Gasteiger partial charge in [0, 0.05) is 22.2 Å². The highest BCUT2D eigenvalue weighted by atomic mass is 32.2. The van der Waals surface area contributed by atoms with Crippen molar-refractivity contribution in [3.63, 3.8) is 0 Å². The van der Waals surface area contributed by atoms with Crippen molar-refractivity contribution in [1.82, 2.24) is 4.98 Å². The van der Waals surface area contributed by atoms with Gasteiger partial charge in [0.05, 0.1) is 0 Å². The second kappa shape index (κ2) is 6.92. The van der Waals surface area contributed by atoms with Crippen molar-refractivity contribution in [3.05, 3.63) is 60.2 Å². The summed E-state index contributed by atoms with van der Waals surface area (Å²) in [7, 11) is -1.25. The van der Waals surface area contributed by atoms with Crippen molar-refractivity contribution < 1.29 is 9.00 Å². The normalized spacial score (nSPS) is 12.4. The third-order valence-corrected chi connectivity index (χ3v) is 5.29. The van der Waals surface area contributed by atoms with Gasteiger partial charge < -0.3 is 9.78 Å². The molecule has 0 spiro atoms. The molecular formula is C19H19NO2S. The maximum atomic E-state index is 12.9. The SMILES string of the molecule is CC(=O)CCCc1c(S(=O)c2ccccc2)[nH]c2ccccc12. The summed E-state index contributed by atoms with van der Waals surface area (Å²) >= 11 is 0. The molecule has 2 aromatic carbocycles. The smallest absolute Gasteiger partial charge is 0.129 e. The van der Waals surface area contributed by atoms with Crippen LogP contribution in [0.4, 0.5) is 0 Å². The zero-order valence-electron chi connectivity index (χ0n) is 13.0. The quantitative estimate of drug-likeness (QED) is 0.736. The molecule has 118 valence electrons. The number of benzene rings is 2. The van der Waals surface area contributed by atoms with E-state index in [0.29, 0.717) is 6.42 Å². The summed E-state index contributed by atoms with van der Waals surface area (Å²) in [6, 6.07) is 17.4. The molecular weight excluding hydrogens is 306 g/mol. The van der Waals surface area contributed by atoms with Crippen molar-refractivity contribution in [1.29, 1.82) is 0 Å². The monoisotopic (exact) mass is 325 g/mol. The maximum Gasteiger partial charge on any atom is 0.129 e. The Morgan fingerprint density at radius 1 is 1.04 bits per heavy atom. The topological polar surface area (TPSA) is 49.9 Å². The molecule has 23 heavy (non-hydrogen) atoms. The number of aryl methyl sites for hydroxylation is 1. The van der Waals surface area contributed by atoms with E-state index in [2.05, 4.69) is 4.98 Å². The number of carbonyl (C=O) groups excluding carboxylic acids is 1. The van der Waals surface area contributed by atoms with Crippen LogP contribution in [-0.2, 0) is 22.0 Å². The van der Waals surface area contributed by atoms with Gasteiger partial charge in [-0.1, -0.05) is 36.4 Å². The minimum Gasteiger partial charge on any atom is -0.347 e. The number of nitrogens with one attached hydrogen (secondary N) is 1. The van der Waals surface area contributed by atoms with E-state index in [-0.39, 0.29) is 5.78 Å². The largest absolute Gasteiger partial charge is 0.347 e. The molecule has 3 rings (SSSR count). The number of H-pyrrole nitrogens is 1. The van der Waals surface area contributed by atoms with Crippen LogP contribution in [0.2, 0.25) is 0 Å². The number of carbonyl (C=O) groups is 1. The van der Waals surface area contributed by atoms with Crippen LogP contribution in [0.3, 0.4) is 0 Å². The first-order valence-corrected chi connectivity index (χ1v) is 8.87. The molecule has 3 nitrogen and oxygen atoms in total. The minimum absolute atomic E-state index is 0.190. The summed E-state index contributed by atoms with van der Waals surface area (Å²) in [5.41, 5.74) is 2.05. The lowest BCUT2D eigenvalue weighted by Crippen LogP contribution is -1.99. The van der Waals surface area contributed by atoms with Gasteiger partial charge in [-0.2, -0.15) is 0 Å². The third-order valence-electron chi connectivity index (χ3n) is 3.87. The first kappa shape index (κ1) is 15.7. The number of ketones is 1. The number of aromatic nitrogens is 1. The number of aromatic amines is 1. The van der Waals surface area contributed by atoms with Gasteiger partial charge >= 0.3 is 0 Å². The van der Waals surface area contributed by atoms with Gasteiger partial charge in [0.25, 0.3) is 0 Å². The lowest BCUT2D eigenvalue weighted by Gasteiger charge is -2.05. The van der Waals surface area contributed by atoms with Crippen LogP contribution in [0.15, 0.2) is 64.5 Å². The Kier molecular flexibility index (Phi) is 4.72. The van der Waals surface area contributed by atoms with Crippen molar-refractivity contribution >= 4 is 27.5 Å². The van der Waals surface area contributed by atoms with Crippen molar-refractivity contribution in [2.24, 2.45) is 0 Å². The average Bonchev–Trinajstić information content (AvgIpc) is 2.93. The molecule has 0 saturated carbocycles. The molecule has 1 unspecified atom stereocenters. The van der Waals surface area contributed by atoms with Crippen LogP contribution in [0.25, 0.3) is 10.9 Å². The Hall–Kier alpha value is -2.20. The van der Waals surface area contributed by atoms with Crippen LogP contribution in [0.5, 0.6) is 0 Å². The maximum absolute atomic E-state index is 12.9. The zero-order chi connectivity index (χ0) is 16.2. The third kappa shape index (κ3) is 3.42. The zero-order valence-corrected chi connectivity index (χ0v) is 13.9. The molecule has 4 heteroatoms. The average molecular weight is 325 g/mol. The van der Waals surface area contributed by atoms with E-state index < -0.39 is 10.8 Å². The highest BCUT2D eigenvalue weighted by molar-refractivity contribution is 7.85. The van der Waals surface area contributed by atoms with E-state index in [4.69, 9.17) is 0 Å². The first-order valence-electron chi connectivity index (χ1n) is 7.72. The van der Waals surface area contributed by atoms with Crippen LogP contribution in [0.1, 0.15) is 25.3 Å². The molecule has 0 aliphatic heterocycles. The van der Waals surface area contributed by atoms with Crippen molar-refractivity contribution in [2.45, 2.75) is 36.1 Å². The number of hydrogen-bond acceptors (Lipinski definition) is 2. The molecule has 0 radical (unpaired) electrons. The molecule has 1 N–H and O–H groups in total. The van der Waals surface area contributed by atoms with Crippen LogP contribution < -0.4 is 0 Å². The number of Topliss-reactive ketones (excluding diaryl/α,β-unsaturated/α-hetero) is 1. The molecule has 0 amide bonds. The van der Waals surface area contributed by atoms with E-state index >= 15 is 0 Å². The predicted octanol–water partition coefficient (Wildman–Crippen LogP) is 4.25. The van der Waals surface area contributed by atoms with Gasteiger partial charge in [-0.3, -0.25) is 0 Å². The van der Waals surface area contributed by atoms with Gasteiger partial charge in [0.2, 0.25) is 0 Å². The van der Waals surface area contributed by atoms with Gasteiger partial charge in [-0.25, -0.2) is 4.21 Å². The number of fused-ring (bicyclic) bond motifs is 1. The molecule has 0 aliphatic rings. The van der Waals surface area contributed by atoms with Gasteiger partial charge in [0.1, 0.15) is 21.6 Å². The molecule has 0 fully saturated rings. The molecule has 3 aromatic rings. The number of para-hydroxylation sites is 1. The second-order valence-corrected chi connectivity index (χ2v) is 7.03. The minimum atomic E-state index is -1.25. The molecule has 1 aromatic heterocycles.